The minimum Gasteiger partial charge on any atom is -0.478 e. The Balaban J connectivity index is 1.45. The van der Waals surface area contributed by atoms with Crippen LogP contribution in [0.5, 0.6) is 0 Å². The molecule has 40 heavy (non-hydrogen) atoms. The Morgan fingerprint density at radius 3 is 2.33 bits per heavy atom. The number of aromatic nitrogens is 1. The molecule has 0 bridgehead atoms. The zero-order valence-corrected chi connectivity index (χ0v) is 23.1. The minimum absolute atomic E-state index is 0.171. The molecule has 0 radical (unpaired) electrons. The van der Waals surface area contributed by atoms with Crippen molar-refractivity contribution in [2.24, 2.45) is 0 Å². The molecule has 0 spiro atoms. The van der Waals surface area contributed by atoms with Gasteiger partial charge in [0.25, 0.3) is 5.91 Å². The third-order valence-electron chi connectivity index (χ3n) is 5.85. The maximum Gasteiger partial charge on any atom is 0.336 e. The summed E-state index contributed by atoms with van der Waals surface area (Å²) in [5.41, 5.74) is 1.37. The molecule has 1 heterocycles. The van der Waals surface area contributed by atoms with Gasteiger partial charge in [-0.1, -0.05) is 43.3 Å². The average Bonchev–Trinajstić information content (AvgIpc) is 3.31. The summed E-state index contributed by atoms with van der Waals surface area (Å²) in [5.74, 6) is -3.61. The van der Waals surface area contributed by atoms with Gasteiger partial charge in [0.05, 0.1) is 27.6 Å². The number of rotatable bonds is 10. The normalized spacial score (nSPS) is 11.4. The Morgan fingerprint density at radius 2 is 1.65 bits per heavy atom. The van der Waals surface area contributed by atoms with Crippen molar-refractivity contribution < 1.29 is 29.4 Å². The van der Waals surface area contributed by atoms with Crippen molar-refractivity contribution in [1.29, 1.82) is 0 Å². The van der Waals surface area contributed by atoms with E-state index in [0.717, 1.165) is 27.1 Å². The first-order chi connectivity index (χ1) is 19.2. The number of aromatic carboxylic acids is 2. The molecule has 9 nitrogen and oxygen atoms in total. The van der Waals surface area contributed by atoms with Crippen LogP contribution < -0.4 is 10.6 Å². The molecule has 0 fully saturated rings. The Kier molecular flexibility index (Phi) is 8.97. The molecule has 0 saturated carbocycles. The molecule has 11 heteroatoms. The minimum atomic E-state index is -1.42. The maximum atomic E-state index is 13.1. The number of carbonyl (C=O) groups is 4. The van der Waals surface area contributed by atoms with Gasteiger partial charge in [-0.15, -0.1) is 23.1 Å². The standard InChI is InChI=1S/C29H25N3O6S2/c1-3-23(26(34)32-29-31-24(16(2)39-29)17-8-5-4-6-9-17)40-20-11-7-10-19(15-20)30-25(33)21-13-12-18(27(35)36)14-22(21)28(37)38/h4-15,23H,3H2,1-2H3,(H,30,33)(H,35,36)(H,37,38)(H,31,32,34). The molecule has 4 rings (SSSR count). The molecule has 204 valence electrons. The fraction of sp³-hybridized carbons (Fsp3) is 0.138. The van der Waals surface area contributed by atoms with Crippen LogP contribution in [0.25, 0.3) is 11.3 Å². The number of carboxylic acid groups (broad SMARTS) is 2. The molecular weight excluding hydrogens is 550 g/mol. The lowest BCUT2D eigenvalue weighted by atomic mass is 10.0. The SMILES string of the molecule is CCC(Sc1cccc(NC(=O)c2ccc(C(=O)O)cc2C(=O)O)c1)C(=O)Nc1nc(-c2ccccc2)c(C)s1. The third-order valence-corrected chi connectivity index (χ3v) is 8.09. The number of nitrogens with one attached hydrogen (secondary N) is 2. The van der Waals surface area contributed by atoms with E-state index in [1.807, 2.05) is 50.2 Å². The lowest BCUT2D eigenvalue weighted by Crippen LogP contribution is -2.24. The summed E-state index contributed by atoms with van der Waals surface area (Å²) < 4.78 is 0. The molecule has 2 amide bonds. The van der Waals surface area contributed by atoms with E-state index in [9.17, 15) is 24.3 Å². The molecule has 4 N–H and O–H groups in total. The molecule has 0 aliphatic heterocycles. The molecule has 1 unspecified atom stereocenters. The van der Waals surface area contributed by atoms with Crippen molar-refractivity contribution >= 4 is 57.7 Å². The summed E-state index contributed by atoms with van der Waals surface area (Å²) in [5, 5.41) is 24.3. The highest BCUT2D eigenvalue weighted by Crippen LogP contribution is 2.32. The van der Waals surface area contributed by atoms with Gasteiger partial charge < -0.3 is 20.8 Å². The number of anilines is 2. The maximum absolute atomic E-state index is 13.1. The van der Waals surface area contributed by atoms with Gasteiger partial charge in [0.15, 0.2) is 5.13 Å². The second-order valence-electron chi connectivity index (χ2n) is 8.65. The lowest BCUT2D eigenvalue weighted by molar-refractivity contribution is -0.115. The third kappa shape index (κ3) is 6.74. The van der Waals surface area contributed by atoms with Crippen LogP contribution in [-0.2, 0) is 4.79 Å². The first-order valence-corrected chi connectivity index (χ1v) is 13.9. The van der Waals surface area contributed by atoms with Crippen molar-refractivity contribution in [3.05, 3.63) is 94.4 Å². The predicted molar refractivity (Wildman–Crippen MR) is 156 cm³/mol. The first kappa shape index (κ1) is 28.5. The van der Waals surface area contributed by atoms with E-state index in [0.29, 0.717) is 17.2 Å². The van der Waals surface area contributed by atoms with Crippen LogP contribution in [-0.4, -0.2) is 44.2 Å². The van der Waals surface area contributed by atoms with Gasteiger partial charge in [0.2, 0.25) is 5.91 Å². The highest BCUT2D eigenvalue weighted by molar-refractivity contribution is 8.00. The van der Waals surface area contributed by atoms with Crippen LogP contribution in [0.1, 0.15) is 49.3 Å². The van der Waals surface area contributed by atoms with Gasteiger partial charge in [-0.3, -0.25) is 9.59 Å². The number of hydrogen-bond acceptors (Lipinski definition) is 7. The number of amides is 2. The largest absolute Gasteiger partial charge is 0.478 e. The second-order valence-corrected chi connectivity index (χ2v) is 11.1. The molecule has 4 aromatic rings. The number of hydrogen-bond donors (Lipinski definition) is 4. The van der Waals surface area contributed by atoms with Crippen molar-refractivity contribution in [2.45, 2.75) is 30.4 Å². The topological polar surface area (TPSA) is 146 Å². The van der Waals surface area contributed by atoms with Gasteiger partial charge in [0.1, 0.15) is 0 Å². The Hall–Kier alpha value is -4.48. The molecular formula is C29H25N3O6S2. The van der Waals surface area contributed by atoms with Crippen LogP contribution >= 0.6 is 23.1 Å². The zero-order valence-electron chi connectivity index (χ0n) is 21.5. The Labute approximate surface area is 238 Å². The smallest absolute Gasteiger partial charge is 0.336 e. The summed E-state index contributed by atoms with van der Waals surface area (Å²) in [4.78, 5) is 55.1. The number of aryl methyl sites for hydroxylation is 1. The summed E-state index contributed by atoms with van der Waals surface area (Å²) >= 11 is 2.74. The summed E-state index contributed by atoms with van der Waals surface area (Å²) in [7, 11) is 0. The fourth-order valence-electron chi connectivity index (χ4n) is 3.88. The molecule has 3 aromatic carbocycles. The van der Waals surface area contributed by atoms with Gasteiger partial charge >= 0.3 is 11.9 Å². The highest BCUT2D eigenvalue weighted by Gasteiger charge is 2.22. The van der Waals surface area contributed by atoms with Crippen molar-refractivity contribution in [3.63, 3.8) is 0 Å². The summed E-state index contributed by atoms with van der Waals surface area (Å²) in [6.45, 7) is 3.86. The number of carbonyl (C=O) groups excluding carboxylic acids is 2. The zero-order chi connectivity index (χ0) is 28.8. The van der Waals surface area contributed by atoms with E-state index in [2.05, 4.69) is 15.6 Å². The number of thiazole rings is 1. The number of thioether (sulfide) groups is 1. The van der Waals surface area contributed by atoms with Crippen LogP contribution in [0.3, 0.4) is 0 Å². The molecule has 1 atom stereocenters. The van der Waals surface area contributed by atoms with Crippen LogP contribution in [0.15, 0.2) is 77.7 Å². The number of nitrogens with zero attached hydrogens (tertiary/aromatic N) is 1. The van der Waals surface area contributed by atoms with Gasteiger partial charge in [-0.05, 0) is 49.7 Å². The van der Waals surface area contributed by atoms with E-state index in [-0.39, 0.29) is 17.0 Å². The van der Waals surface area contributed by atoms with E-state index < -0.39 is 28.7 Å². The number of benzene rings is 3. The quantitative estimate of drug-likeness (QED) is 0.162. The van der Waals surface area contributed by atoms with Crippen molar-refractivity contribution in [1.82, 2.24) is 4.98 Å². The highest BCUT2D eigenvalue weighted by atomic mass is 32.2. The Morgan fingerprint density at radius 1 is 0.900 bits per heavy atom. The molecule has 0 saturated heterocycles. The van der Waals surface area contributed by atoms with E-state index in [1.54, 1.807) is 18.2 Å². The molecule has 1 aromatic heterocycles. The lowest BCUT2D eigenvalue weighted by Gasteiger charge is -2.15. The fourth-order valence-corrected chi connectivity index (χ4v) is 5.74. The van der Waals surface area contributed by atoms with Gasteiger partial charge in [-0.2, -0.15) is 0 Å². The average molecular weight is 576 g/mol. The molecule has 0 aliphatic rings. The van der Waals surface area contributed by atoms with Gasteiger partial charge in [-0.25, -0.2) is 14.6 Å². The van der Waals surface area contributed by atoms with Crippen molar-refractivity contribution in [3.8, 4) is 11.3 Å². The predicted octanol–water partition coefficient (Wildman–Crippen LogP) is 6.28. The summed E-state index contributed by atoms with van der Waals surface area (Å²) in [6, 6.07) is 19.9. The van der Waals surface area contributed by atoms with Crippen LogP contribution in [0, 0.1) is 6.92 Å². The first-order valence-electron chi connectivity index (χ1n) is 12.2. The van der Waals surface area contributed by atoms with E-state index >= 15 is 0 Å². The van der Waals surface area contributed by atoms with E-state index in [1.165, 1.54) is 35.2 Å². The Bertz CT molecular complexity index is 1590. The van der Waals surface area contributed by atoms with Crippen LogP contribution in [0.4, 0.5) is 10.8 Å². The van der Waals surface area contributed by atoms with Gasteiger partial charge in [0, 0.05) is 21.0 Å². The summed E-state index contributed by atoms with van der Waals surface area (Å²) in [6.07, 6.45) is 0.543. The number of carboxylic acids is 2. The monoisotopic (exact) mass is 575 g/mol. The molecule has 0 aliphatic carbocycles. The second kappa shape index (κ2) is 12.6. The van der Waals surface area contributed by atoms with Crippen LogP contribution in [0.2, 0.25) is 0 Å². The van der Waals surface area contributed by atoms with Crippen molar-refractivity contribution in [2.75, 3.05) is 10.6 Å². The van der Waals surface area contributed by atoms with E-state index in [4.69, 9.17) is 5.11 Å².